The molecule has 1 heterocycles. The molecule has 3 rings (SSSR count). The fraction of sp³-hybridized carbons (Fsp3) is 0.294. The van der Waals surface area contributed by atoms with Gasteiger partial charge in [0.1, 0.15) is 5.82 Å². The summed E-state index contributed by atoms with van der Waals surface area (Å²) in [6, 6.07) is 14.7. The minimum absolute atomic E-state index is 0.178. The van der Waals surface area contributed by atoms with E-state index in [9.17, 15) is 4.39 Å². The molecule has 110 valence electrons. The van der Waals surface area contributed by atoms with Crippen LogP contribution in [0, 0.1) is 5.82 Å². The largest absolute Gasteiger partial charge is 0.368 e. The van der Waals surface area contributed by atoms with Gasteiger partial charge < -0.3 is 4.90 Å². The fourth-order valence-electron chi connectivity index (χ4n) is 2.70. The van der Waals surface area contributed by atoms with Gasteiger partial charge in [0.15, 0.2) is 0 Å². The summed E-state index contributed by atoms with van der Waals surface area (Å²) in [5.74, 6) is -0.178. The smallest absolute Gasteiger partial charge is 0.123 e. The number of benzene rings is 2. The molecule has 0 unspecified atom stereocenters. The molecule has 0 atom stereocenters. The number of anilines is 1. The first kappa shape index (κ1) is 14.4. The highest BCUT2D eigenvalue weighted by Gasteiger charge is 2.18. The molecule has 0 bridgehead atoms. The molecule has 0 N–H and O–H groups in total. The molecule has 4 heteroatoms. The van der Waals surface area contributed by atoms with Crippen LogP contribution >= 0.6 is 11.6 Å². The molecule has 0 saturated carbocycles. The van der Waals surface area contributed by atoms with E-state index in [1.807, 2.05) is 30.3 Å². The molecule has 1 aliphatic heterocycles. The molecule has 0 amide bonds. The van der Waals surface area contributed by atoms with Crippen LogP contribution in [0.15, 0.2) is 48.5 Å². The van der Waals surface area contributed by atoms with Crippen LogP contribution in [0.1, 0.15) is 5.56 Å². The van der Waals surface area contributed by atoms with Gasteiger partial charge >= 0.3 is 0 Å². The predicted molar refractivity (Wildman–Crippen MR) is 85.3 cm³/mol. The van der Waals surface area contributed by atoms with Crippen LogP contribution in [-0.4, -0.2) is 31.1 Å². The summed E-state index contributed by atoms with van der Waals surface area (Å²) in [5, 5.41) is 0.810. The number of rotatable bonds is 3. The lowest BCUT2D eigenvalue weighted by atomic mass is 10.2. The highest BCUT2D eigenvalue weighted by Crippen LogP contribution is 2.26. The SMILES string of the molecule is Fc1ccc(CN2CCN(c3ccccc3Cl)CC2)cc1. The molecule has 0 aromatic heterocycles. The van der Waals surface area contributed by atoms with Crippen LogP contribution in [0.25, 0.3) is 0 Å². The molecule has 0 aliphatic carbocycles. The van der Waals surface area contributed by atoms with Gasteiger partial charge in [-0.05, 0) is 29.8 Å². The zero-order valence-electron chi connectivity index (χ0n) is 11.8. The van der Waals surface area contributed by atoms with Crippen molar-refractivity contribution in [1.82, 2.24) is 4.90 Å². The summed E-state index contributed by atoms with van der Waals surface area (Å²) in [5.41, 5.74) is 2.27. The summed E-state index contributed by atoms with van der Waals surface area (Å²) in [6.07, 6.45) is 0. The lowest BCUT2D eigenvalue weighted by Crippen LogP contribution is -2.46. The molecule has 1 fully saturated rings. The average molecular weight is 305 g/mol. The second-order valence-electron chi connectivity index (χ2n) is 5.34. The van der Waals surface area contributed by atoms with Gasteiger partial charge in [0.2, 0.25) is 0 Å². The van der Waals surface area contributed by atoms with Gasteiger partial charge in [-0.25, -0.2) is 4.39 Å². The van der Waals surface area contributed by atoms with E-state index in [2.05, 4.69) is 15.9 Å². The van der Waals surface area contributed by atoms with E-state index < -0.39 is 0 Å². The monoisotopic (exact) mass is 304 g/mol. The third-order valence-corrected chi connectivity index (χ3v) is 4.20. The van der Waals surface area contributed by atoms with E-state index in [4.69, 9.17) is 11.6 Å². The van der Waals surface area contributed by atoms with Crippen molar-refractivity contribution in [3.05, 3.63) is 64.9 Å². The standard InChI is InChI=1S/C17H18ClFN2/c18-16-3-1-2-4-17(16)21-11-9-20(10-12-21)13-14-5-7-15(19)8-6-14/h1-8H,9-13H2. The molecule has 1 saturated heterocycles. The molecule has 2 nitrogen and oxygen atoms in total. The lowest BCUT2D eigenvalue weighted by molar-refractivity contribution is 0.250. The Morgan fingerprint density at radius 1 is 0.905 bits per heavy atom. The van der Waals surface area contributed by atoms with Gasteiger partial charge in [0.05, 0.1) is 10.7 Å². The van der Waals surface area contributed by atoms with Crippen molar-refractivity contribution in [2.24, 2.45) is 0 Å². The van der Waals surface area contributed by atoms with E-state index in [0.29, 0.717) is 0 Å². The van der Waals surface area contributed by atoms with Crippen molar-refractivity contribution in [2.45, 2.75) is 6.54 Å². The predicted octanol–water partition coefficient (Wildman–Crippen LogP) is 3.80. The summed E-state index contributed by atoms with van der Waals surface area (Å²) >= 11 is 6.25. The van der Waals surface area contributed by atoms with Gasteiger partial charge in [0, 0.05) is 32.7 Å². The molecule has 2 aromatic rings. The Labute approximate surface area is 129 Å². The Balaban J connectivity index is 1.58. The lowest BCUT2D eigenvalue weighted by Gasteiger charge is -2.36. The van der Waals surface area contributed by atoms with E-state index >= 15 is 0 Å². The van der Waals surface area contributed by atoms with Gasteiger partial charge in [-0.3, -0.25) is 4.90 Å². The maximum atomic E-state index is 12.9. The molecule has 1 aliphatic rings. The first-order chi connectivity index (χ1) is 10.2. The van der Waals surface area contributed by atoms with Crippen molar-refractivity contribution in [2.75, 3.05) is 31.1 Å². The van der Waals surface area contributed by atoms with Gasteiger partial charge in [0.25, 0.3) is 0 Å². The van der Waals surface area contributed by atoms with Crippen LogP contribution in [0.4, 0.5) is 10.1 Å². The van der Waals surface area contributed by atoms with Crippen molar-refractivity contribution < 1.29 is 4.39 Å². The third kappa shape index (κ3) is 3.55. The normalized spacial score (nSPS) is 16.2. The van der Waals surface area contributed by atoms with Gasteiger partial charge in [-0.15, -0.1) is 0 Å². The maximum absolute atomic E-state index is 12.9. The van der Waals surface area contributed by atoms with Crippen molar-refractivity contribution in [3.63, 3.8) is 0 Å². The Bertz CT molecular complexity index is 592. The number of nitrogens with zero attached hydrogens (tertiary/aromatic N) is 2. The second kappa shape index (κ2) is 6.46. The minimum atomic E-state index is -0.178. The zero-order valence-corrected chi connectivity index (χ0v) is 12.6. The number of hydrogen-bond acceptors (Lipinski definition) is 2. The number of para-hydroxylation sites is 1. The Morgan fingerprint density at radius 2 is 1.57 bits per heavy atom. The van der Waals surface area contributed by atoms with E-state index in [0.717, 1.165) is 49.0 Å². The highest BCUT2D eigenvalue weighted by atomic mass is 35.5. The quantitative estimate of drug-likeness (QED) is 0.851. The summed E-state index contributed by atoms with van der Waals surface area (Å²) < 4.78 is 12.9. The molecule has 0 radical (unpaired) electrons. The van der Waals surface area contributed by atoms with E-state index in [-0.39, 0.29) is 5.82 Å². The van der Waals surface area contributed by atoms with Gasteiger partial charge in [-0.2, -0.15) is 0 Å². The van der Waals surface area contributed by atoms with Crippen molar-refractivity contribution in [3.8, 4) is 0 Å². The minimum Gasteiger partial charge on any atom is -0.368 e. The van der Waals surface area contributed by atoms with Crippen LogP contribution in [0.5, 0.6) is 0 Å². The summed E-state index contributed by atoms with van der Waals surface area (Å²) in [7, 11) is 0. The number of hydrogen-bond donors (Lipinski definition) is 0. The molecular weight excluding hydrogens is 287 g/mol. The summed E-state index contributed by atoms with van der Waals surface area (Å²) in [6.45, 7) is 4.78. The third-order valence-electron chi connectivity index (χ3n) is 3.88. The Kier molecular flexibility index (Phi) is 4.42. The van der Waals surface area contributed by atoms with Crippen LogP contribution in [0.3, 0.4) is 0 Å². The second-order valence-corrected chi connectivity index (χ2v) is 5.75. The fourth-order valence-corrected chi connectivity index (χ4v) is 2.96. The van der Waals surface area contributed by atoms with Crippen molar-refractivity contribution in [1.29, 1.82) is 0 Å². The van der Waals surface area contributed by atoms with Crippen molar-refractivity contribution >= 4 is 17.3 Å². The molecular formula is C17H18ClFN2. The van der Waals surface area contributed by atoms with Gasteiger partial charge in [-0.1, -0.05) is 35.9 Å². The Morgan fingerprint density at radius 3 is 2.24 bits per heavy atom. The molecule has 0 spiro atoms. The van der Waals surface area contributed by atoms with Crippen LogP contribution in [-0.2, 0) is 6.54 Å². The van der Waals surface area contributed by atoms with Crippen LogP contribution < -0.4 is 4.90 Å². The van der Waals surface area contributed by atoms with E-state index in [1.54, 1.807) is 0 Å². The number of halogens is 2. The van der Waals surface area contributed by atoms with E-state index in [1.165, 1.54) is 12.1 Å². The highest BCUT2D eigenvalue weighted by molar-refractivity contribution is 6.33. The maximum Gasteiger partial charge on any atom is 0.123 e. The zero-order chi connectivity index (χ0) is 14.7. The Hall–Kier alpha value is -1.58. The average Bonchev–Trinajstić information content (AvgIpc) is 2.51. The number of piperazine rings is 1. The topological polar surface area (TPSA) is 6.48 Å². The first-order valence-corrected chi connectivity index (χ1v) is 7.56. The first-order valence-electron chi connectivity index (χ1n) is 7.18. The molecule has 21 heavy (non-hydrogen) atoms. The van der Waals surface area contributed by atoms with Crippen LogP contribution in [0.2, 0.25) is 5.02 Å². The molecule has 2 aromatic carbocycles. The summed E-state index contributed by atoms with van der Waals surface area (Å²) in [4.78, 5) is 4.71.